The van der Waals surface area contributed by atoms with Crippen LogP contribution in [0.15, 0.2) is 67.5 Å². The third kappa shape index (κ3) is 4.93. The van der Waals surface area contributed by atoms with Crippen LogP contribution in [0.1, 0.15) is 0 Å². The molecule has 0 unspecified atom stereocenters. The first-order valence-corrected chi connectivity index (χ1v) is 11.7. The van der Waals surface area contributed by atoms with Gasteiger partial charge < -0.3 is 24.4 Å². The second-order valence-corrected chi connectivity index (χ2v) is 8.63. The van der Waals surface area contributed by atoms with Gasteiger partial charge in [0.25, 0.3) is 0 Å². The van der Waals surface area contributed by atoms with Crippen LogP contribution < -0.4 is 19.5 Å². The fraction of sp³-hybridized carbons (Fsp3) is 0.179. The van der Waals surface area contributed by atoms with E-state index in [9.17, 15) is 13.6 Å². The lowest BCUT2D eigenvalue weighted by molar-refractivity contribution is -0.134. The maximum absolute atomic E-state index is 13.8. The van der Waals surface area contributed by atoms with Gasteiger partial charge in [-0.3, -0.25) is 4.79 Å². The molecule has 0 aliphatic carbocycles. The van der Waals surface area contributed by atoms with Crippen LogP contribution in [0.25, 0.3) is 22.0 Å². The third-order valence-electron chi connectivity index (χ3n) is 6.20. The number of fused-ring (bicyclic) bond motifs is 1. The molecular formula is C28H24F2N4O4. The monoisotopic (exact) mass is 518 g/mol. The maximum atomic E-state index is 13.8. The van der Waals surface area contributed by atoms with Crippen LogP contribution in [0.2, 0.25) is 0 Å². The predicted molar refractivity (Wildman–Crippen MR) is 139 cm³/mol. The van der Waals surface area contributed by atoms with Crippen molar-refractivity contribution < 1.29 is 27.8 Å². The maximum Gasteiger partial charge on any atom is 0.246 e. The Kier molecular flexibility index (Phi) is 6.78. The average Bonchev–Trinajstić information content (AvgIpc) is 2.89. The van der Waals surface area contributed by atoms with Crippen LogP contribution in [0.4, 0.5) is 20.3 Å². The highest BCUT2D eigenvalue weighted by molar-refractivity contribution is 5.94. The van der Waals surface area contributed by atoms with Crippen molar-refractivity contribution in [1.29, 1.82) is 0 Å². The molecular weight excluding hydrogens is 494 g/mol. The molecule has 5 rings (SSSR count). The Labute approximate surface area is 217 Å². The van der Waals surface area contributed by atoms with Gasteiger partial charge in [-0.25, -0.2) is 18.7 Å². The standard InChI is InChI=1S/C28H24F2N4O4/c1-4-27(35)34-13-20(14-34)38-26-11-21-22(12-25(26)37-3)31-15-32-28(21)33-23-9-16(5-6-24(23)36-2)17-7-18(29)10-19(30)8-17/h4-12,15,20H,1,13-14H2,2-3H3,(H,31,32,33). The lowest BCUT2D eigenvalue weighted by atomic mass is 10.0. The molecule has 0 bridgehead atoms. The highest BCUT2D eigenvalue weighted by atomic mass is 19.1. The summed E-state index contributed by atoms with van der Waals surface area (Å²) in [6.07, 6.45) is 2.48. The predicted octanol–water partition coefficient (Wildman–Crippen LogP) is 5.11. The number of anilines is 2. The number of ether oxygens (including phenoxy) is 3. The Hall–Kier alpha value is -4.73. The molecule has 2 heterocycles. The van der Waals surface area contributed by atoms with Gasteiger partial charge in [0.15, 0.2) is 11.5 Å². The summed E-state index contributed by atoms with van der Waals surface area (Å²) in [7, 11) is 3.06. The van der Waals surface area contributed by atoms with Gasteiger partial charge in [0.05, 0.1) is 38.5 Å². The van der Waals surface area contributed by atoms with E-state index in [1.165, 1.54) is 38.8 Å². The Morgan fingerprint density at radius 2 is 1.71 bits per heavy atom. The van der Waals surface area contributed by atoms with E-state index in [4.69, 9.17) is 14.2 Å². The van der Waals surface area contributed by atoms with Crippen molar-refractivity contribution in [3.63, 3.8) is 0 Å². The van der Waals surface area contributed by atoms with Crippen molar-refractivity contribution in [1.82, 2.24) is 14.9 Å². The lowest BCUT2D eigenvalue weighted by Gasteiger charge is -2.38. The van der Waals surface area contributed by atoms with E-state index in [1.807, 2.05) is 0 Å². The third-order valence-corrected chi connectivity index (χ3v) is 6.20. The number of methoxy groups -OCH3 is 2. The molecule has 0 saturated carbocycles. The van der Waals surface area contributed by atoms with Crippen LogP contribution in [-0.2, 0) is 4.79 Å². The minimum absolute atomic E-state index is 0.146. The van der Waals surface area contributed by atoms with Gasteiger partial charge >= 0.3 is 0 Å². The summed E-state index contributed by atoms with van der Waals surface area (Å²) >= 11 is 0. The quantitative estimate of drug-likeness (QED) is 0.325. The SMILES string of the molecule is C=CC(=O)N1CC(Oc2cc3c(Nc4cc(-c5cc(F)cc(F)c5)ccc4OC)ncnc3cc2OC)C1. The van der Waals surface area contributed by atoms with E-state index in [2.05, 4.69) is 21.9 Å². The Morgan fingerprint density at radius 3 is 2.39 bits per heavy atom. The first kappa shape index (κ1) is 24.9. The molecule has 0 atom stereocenters. The molecule has 1 amide bonds. The topological polar surface area (TPSA) is 85.8 Å². The smallest absolute Gasteiger partial charge is 0.246 e. The minimum atomic E-state index is -0.669. The molecule has 1 aromatic heterocycles. The number of rotatable bonds is 8. The molecule has 8 nitrogen and oxygen atoms in total. The number of carbonyl (C=O) groups excluding carboxylic acids is 1. The van der Waals surface area contributed by atoms with Gasteiger partial charge in [-0.1, -0.05) is 12.6 Å². The van der Waals surface area contributed by atoms with Crippen LogP contribution in [0.5, 0.6) is 17.2 Å². The number of amides is 1. The molecule has 10 heteroatoms. The molecule has 194 valence electrons. The van der Waals surface area contributed by atoms with Gasteiger partial charge in [-0.15, -0.1) is 0 Å². The van der Waals surface area contributed by atoms with Gasteiger partial charge in [-0.2, -0.15) is 0 Å². The largest absolute Gasteiger partial charge is 0.495 e. The number of hydrogen-bond acceptors (Lipinski definition) is 7. The van der Waals surface area contributed by atoms with Crippen LogP contribution in [0.3, 0.4) is 0 Å². The zero-order valence-corrected chi connectivity index (χ0v) is 20.7. The molecule has 0 radical (unpaired) electrons. The van der Waals surface area contributed by atoms with Crippen LogP contribution in [-0.4, -0.2) is 54.2 Å². The van der Waals surface area contributed by atoms with E-state index < -0.39 is 11.6 Å². The molecule has 1 N–H and O–H groups in total. The molecule has 38 heavy (non-hydrogen) atoms. The van der Waals surface area contributed by atoms with Crippen molar-refractivity contribution in [2.75, 3.05) is 32.6 Å². The number of aromatic nitrogens is 2. The van der Waals surface area contributed by atoms with E-state index in [0.717, 1.165) is 6.07 Å². The van der Waals surface area contributed by atoms with Crippen LogP contribution in [0, 0.1) is 11.6 Å². The van der Waals surface area contributed by atoms with E-state index in [1.54, 1.807) is 35.2 Å². The minimum Gasteiger partial charge on any atom is -0.495 e. The molecule has 1 aliphatic heterocycles. The highest BCUT2D eigenvalue weighted by Gasteiger charge is 2.31. The lowest BCUT2D eigenvalue weighted by Crippen LogP contribution is -2.55. The molecule has 1 fully saturated rings. The zero-order chi connectivity index (χ0) is 26.8. The molecule has 4 aromatic rings. The number of carbonyl (C=O) groups is 1. The van der Waals surface area contributed by atoms with Crippen molar-refractivity contribution in [2.45, 2.75) is 6.10 Å². The molecule has 0 spiro atoms. The molecule has 1 saturated heterocycles. The number of nitrogens with zero attached hydrogens (tertiary/aromatic N) is 3. The Bertz CT molecular complexity index is 1520. The summed E-state index contributed by atoms with van der Waals surface area (Å²) < 4.78 is 44.8. The normalized spacial score (nSPS) is 13.1. The van der Waals surface area contributed by atoms with Crippen molar-refractivity contribution in [3.8, 4) is 28.4 Å². The summed E-state index contributed by atoms with van der Waals surface area (Å²) in [6, 6.07) is 12.0. The fourth-order valence-corrected chi connectivity index (χ4v) is 4.25. The van der Waals surface area contributed by atoms with Crippen LogP contribution >= 0.6 is 0 Å². The van der Waals surface area contributed by atoms with Crippen molar-refractivity contribution in [2.24, 2.45) is 0 Å². The summed E-state index contributed by atoms with van der Waals surface area (Å²) in [6.45, 7) is 4.38. The fourth-order valence-electron chi connectivity index (χ4n) is 4.25. The average molecular weight is 519 g/mol. The Balaban J connectivity index is 1.49. The number of benzene rings is 3. The molecule has 1 aliphatic rings. The number of nitrogens with one attached hydrogen (secondary N) is 1. The second kappa shape index (κ2) is 10.3. The van der Waals surface area contributed by atoms with E-state index in [0.29, 0.717) is 63.9 Å². The van der Waals surface area contributed by atoms with Gasteiger partial charge in [0.1, 0.15) is 35.6 Å². The number of hydrogen-bond donors (Lipinski definition) is 1. The van der Waals surface area contributed by atoms with E-state index >= 15 is 0 Å². The first-order chi connectivity index (χ1) is 18.4. The zero-order valence-electron chi connectivity index (χ0n) is 20.7. The first-order valence-electron chi connectivity index (χ1n) is 11.7. The van der Waals surface area contributed by atoms with Gasteiger partial charge in [-0.05, 0) is 47.5 Å². The van der Waals surface area contributed by atoms with E-state index in [-0.39, 0.29) is 12.0 Å². The van der Waals surface area contributed by atoms with Crippen molar-refractivity contribution >= 4 is 28.3 Å². The summed E-state index contributed by atoms with van der Waals surface area (Å²) in [5.41, 5.74) is 2.10. The van der Waals surface area contributed by atoms with Gasteiger partial charge in [0.2, 0.25) is 5.91 Å². The summed E-state index contributed by atoms with van der Waals surface area (Å²) in [5, 5.41) is 3.90. The highest BCUT2D eigenvalue weighted by Crippen LogP contribution is 2.38. The Morgan fingerprint density at radius 1 is 0.974 bits per heavy atom. The number of likely N-dealkylation sites (tertiary alicyclic amines) is 1. The van der Waals surface area contributed by atoms with Crippen molar-refractivity contribution in [3.05, 3.63) is 79.1 Å². The second-order valence-electron chi connectivity index (χ2n) is 8.63. The summed E-state index contributed by atoms with van der Waals surface area (Å²) in [5.74, 6) is 0.443. The summed E-state index contributed by atoms with van der Waals surface area (Å²) in [4.78, 5) is 22.2. The number of halogens is 2. The van der Waals surface area contributed by atoms with Gasteiger partial charge in [0, 0.05) is 17.5 Å². The molecule has 3 aromatic carbocycles.